The summed E-state index contributed by atoms with van der Waals surface area (Å²) in [5.74, 6) is -0.876. The quantitative estimate of drug-likeness (QED) is 0.303. The fourth-order valence-corrected chi connectivity index (χ4v) is 5.99. The third kappa shape index (κ3) is 12.9. The Morgan fingerprint density at radius 1 is 0.926 bits per heavy atom. The molecule has 4 rings (SSSR count). The Kier molecular flexibility index (Phi) is 15.9. The number of benzene rings is 3. The predicted molar refractivity (Wildman–Crippen MR) is 206 cm³/mol. The van der Waals surface area contributed by atoms with Crippen LogP contribution in [0.5, 0.6) is 11.5 Å². The molecule has 290 valence electrons. The lowest BCUT2D eigenvalue weighted by Crippen LogP contribution is -2.51. The molecule has 0 saturated heterocycles. The molecule has 1 aliphatic heterocycles. The number of rotatable bonds is 9. The van der Waals surface area contributed by atoms with Crippen molar-refractivity contribution in [2.24, 2.45) is 0 Å². The summed E-state index contributed by atoms with van der Waals surface area (Å²) in [5, 5.41) is 8.55. The smallest absolute Gasteiger partial charge is 0.255 e. The van der Waals surface area contributed by atoms with Crippen LogP contribution < -0.4 is 25.4 Å². The number of hydrogen-bond acceptors (Lipinski definition) is 8. The van der Waals surface area contributed by atoms with E-state index >= 15 is 0 Å². The first-order valence-corrected chi connectivity index (χ1v) is 18.4. The van der Waals surface area contributed by atoms with E-state index in [0.29, 0.717) is 31.7 Å². The summed E-state index contributed by atoms with van der Waals surface area (Å²) < 4.78 is 12.1. The van der Waals surface area contributed by atoms with Gasteiger partial charge in [0, 0.05) is 46.6 Å². The summed E-state index contributed by atoms with van der Waals surface area (Å²) in [6.45, 7) is 3.44. The molecule has 13 nitrogen and oxygen atoms in total. The lowest BCUT2D eigenvalue weighted by Gasteiger charge is -2.31. The van der Waals surface area contributed by atoms with Gasteiger partial charge in [-0.15, -0.1) is 0 Å². The van der Waals surface area contributed by atoms with Gasteiger partial charge in [-0.3, -0.25) is 24.0 Å². The van der Waals surface area contributed by atoms with Gasteiger partial charge in [0.05, 0.1) is 11.6 Å². The standard InChI is InChI=1S/C41H54N6O7/c1-29-41(52)47(5)32(25-30-13-7-6-8-14-30)28-54-36-18-10-9-17-34(36)39(50)44-35(20-21-38(49)46(4)22-12-19-37(48)43-29)40(51)42-27-31-15-11-16-33(26-31)53-24-23-45(2)3/h6-11,13-18,26,29,32,35H,12,19-25,27-28H2,1-5H3,(H,42,51)(H,43,48)(H,44,50)/t29-,32-,35-/m0/s1. The van der Waals surface area contributed by atoms with Crippen LogP contribution in [0, 0.1) is 0 Å². The highest BCUT2D eigenvalue weighted by molar-refractivity contribution is 5.99. The van der Waals surface area contributed by atoms with Gasteiger partial charge in [0.1, 0.15) is 36.8 Å². The average Bonchev–Trinajstić information content (AvgIpc) is 3.16. The molecule has 0 aromatic heterocycles. The van der Waals surface area contributed by atoms with Crippen molar-refractivity contribution >= 4 is 29.5 Å². The number of nitrogens with zero attached hydrogens (tertiary/aromatic N) is 3. The van der Waals surface area contributed by atoms with Crippen molar-refractivity contribution in [3.05, 3.63) is 95.6 Å². The summed E-state index contributed by atoms with van der Waals surface area (Å²) in [6, 6.07) is 21.5. The number of carbonyl (C=O) groups is 5. The van der Waals surface area contributed by atoms with E-state index in [1.807, 2.05) is 73.6 Å². The number of ether oxygens (including phenoxy) is 2. The molecule has 3 aromatic carbocycles. The molecule has 5 amide bonds. The van der Waals surface area contributed by atoms with Crippen molar-refractivity contribution in [2.45, 2.75) is 63.7 Å². The highest BCUT2D eigenvalue weighted by Crippen LogP contribution is 2.21. The molecule has 0 aliphatic carbocycles. The Morgan fingerprint density at radius 2 is 1.65 bits per heavy atom. The van der Waals surface area contributed by atoms with Crippen LogP contribution in [0.25, 0.3) is 0 Å². The van der Waals surface area contributed by atoms with Gasteiger partial charge in [0.2, 0.25) is 23.6 Å². The van der Waals surface area contributed by atoms with E-state index in [4.69, 9.17) is 9.47 Å². The van der Waals surface area contributed by atoms with Crippen molar-refractivity contribution in [1.29, 1.82) is 0 Å². The first-order chi connectivity index (χ1) is 25.9. The van der Waals surface area contributed by atoms with E-state index in [-0.39, 0.29) is 61.4 Å². The maximum atomic E-state index is 13.9. The maximum absolute atomic E-state index is 13.9. The van der Waals surface area contributed by atoms with E-state index < -0.39 is 29.9 Å². The molecule has 54 heavy (non-hydrogen) atoms. The molecule has 1 heterocycles. The van der Waals surface area contributed by atoms with Gasteiger partial charge in [0.15, 0.2) is 0 Å². The Balaban J connectivity index is 1.57. The monoisotopic (exact) mass is 742 g/mol. The molecule has 0 bridgehead atoms. The fourth-order valence-electron chi connectivity index (χ4n) is 5.99. The first-order valence-electron chi connectivity index (χ1n) is 18.4. The number of hydrogen-bond donors (Lipinski definition) is 3. The van der Waals surface area contributed by atoms with Crippen LogP contribution in [0.15, 0.2) is 78.9 Å². The van der Waals surface area contributed by atoms with Crippen LogP contribution in [-0.4, -0.2) is 117 Å². The molecule has 3 atom stereocenters. The number of para-hydroxylation sites is 1. The van der Waals surface area contributed by atoms with Crippen molar-refractivity contribution < 1.29 is 33.4 Å². The predicted octanol–water partition coefficient (Wildman–Crippen LogP) is 3.03. The number of fused-ring (bicyclic) bond motifs is 1. The van der Waals surface area contributed by atoms with E-state index in [1.165, 1.54) is 4.90 Å². The molecule has 3 N–H and O–H groups in total. The van der Waals surface area contributed by atoms with Gasteiger partial charge in [-0.25, -0.2) is 0 Å². The topological polar surface area (TPSA) is 150 Å². The zero-order chi connectivity index (χ0) is 39.0. The van der Waals surface area contributed by atoms with E-state index in [0.717, 1.165) is 17.7 Å². The van der Waals surface area contributed by atoms with Gasteiger partial charge < -0.3 is 40.1 Å². The first kappa shape index (κ1) is 41.3. The second-order valence-corrected chi connectivity index (χ2v) is 13.9. The number of carbonyl (C=O) groups excluding carboxylic acids is 5. The van der Waals surface area contributed by atoms with E-state index in [9.17, 15) is 24.0 Å². The van der Waals surface area contributed by atoms with Crippen molar-refractivity contribution in [3.63, 3.8) is 0 Å². The van der Waals surface area contributed by atoms with Crippen molar-refractivity contribution in [2.75, 3.05) is 54.5 Å². The zero-order valence-corrected chi connectivity index (χ0v) is 32.0. The summed E-state index contributed by atoms with van der Waals surface area (Å²) in [5.41, 5.74) is 1.99. The van der Waals surface area contributed by atoms with Crippen LogP contribution >= 0.6 is 0 Å². The second kappa shape index (κ2) is 20.7. The van der Waals surface area contributed by atoms with Crippen molar-refractivity contribution in [3.8, 4) is 11.5 Å². The van der Waals surface area contributed by atoms with Crippen LogP contribution in [0.1, 0.15) is 54.1 Å². The molecular weight excluding hydrogens is 688 g/mol. The highest BCUT2D eigenvalue weighted by atomic mass is 16.5. The molecule has 0 unspecified atom stereocenters. The fraction of sp³-hybridized carbons (Fsp3) is 0.439. The molecule has 3 aromatic rings. The van der Waals surface area contributed by atoms with Gasteiger partial charge >= 0.3 is 0 Å². The Bertz CT molecular complexity index is 1720. The molecule has 0 spiro atoms. The largest absolute Gasteiger partial charge is 0.492 e. The minimum atomic E-state index is -1.05. The van der Waals surface area contributed by atoms with Crippen LogP contribution in [0.3, 0.4) is 0 Å². The Morgan fingerprint density at radius 3 is 2.41 bits per heavy atom. The van der Waals surface area contributed by atoms with E-state index in [1.54, 1.807) is 50.2 Å². The number of nitrogens with one attached hydrogen (secondary N) is 3. The second-order valence-electron chi connectivity index (χ2n) is 13.9. The summed E-state index contributed by atoms with van der Waals surface area (Å²) >= 11 is 0. The van der Waals surface area contributed by atoms with Gasteiger partial charge in [0.25, 0.3) is 5.91 Å². The molecule has 0 radical (unpaired) electrons. The molecule has 0 saturated carbocycles. The van der Waals surface area contributed by atoms with Crippen LogP contribution in [-0.2, 0) is 32.1 Å². The third-order valence-corrected chi connectivity index (χ3v) is 9.28. The average molecular weight is 743 g/mol. The number of amides is 5. The Hall–Kier alpha value is -5.43. The van der Waals surface area contributed by atoms with Crippen molar-refractivity contribution in [1.82, 2.24) is 30.7 Å². The molecule has 13 heteroatoms. The summed E-state index contributed by atoms with van der Waals surface area (Å²) in [6.07, 6.45) is 0.987. The molecule has 1 aliphatic rings. The molecular formula is C41H54N6O7. The van der Waals surface area contributed by atoms with Crippen LogP contribution in [0.4, 0.5) is 0 Å². The van der Waals surface area contributed by atoms with Crippen LogP contribution in [0.2, 0.25) is 0 Å². The van der Waals surface area contributed by atoms with Gasteiger partial charge in [-0.2, -0.15) is 0 Å². The minimum absolute atomic E-state index is 0.0204. The summed E-state index contributed by atoms with van der Waals surface area (Å²) in [4.78, 5) is 72.2. The van der Waals surface area contributed by atoms with E-state index in [2.05, 4.69) is 16.0 Å². The van der Waals surface area contributed by atoms with Gasteiger partial charge in [-0.1, -0.05) is 54.6 Å². The SMILES string of the molecule is C[C@@H]1NC(=O)CCCN(C)C(=O)CC[C@@H](C(=O)NCc2cccc(OCCN(C)C)c2)NC(=O)c2ccccc2OC[C@H](Cc2ccccc2)N(C)C1=O. The lowest BCUT2D eigenvalue weighted by atomic mass is 10.0. The lowest BCUT2D eigenvalue weighted by molar-refractivity contribution is -0.137. The normalized spacial score (nSPS) is 19.6. The summed E-state index contributed by atoms with van der Waals surface area (Å²) in [7, 11) is 7.24. The van der Waals surface area contributed by atoms with Gasteiger partial charge in [-0.05, 0) is 75.7 Å². The third-order valence-electron chi connectivity index (χ3n) is 9.28. The zero-order valence-electron chi connectivity index (χ0n) is 32.0. The Labute approximate surface area is 318 Å². The minimum Gasteiger partial charge on any atom is -0.492 e. The molecule has 0 fully saturated rings. The number of likely N-dealkylation sites (N-methyl/N-ethyl adjacent to an activating group) is 2. The maximum Gasteiger partial charge on any atom is 0.255 e. The highest BCUT2D eigenvalue weighted by Gasteiger charge is 2.28.